The van der Waals surface area contributed by atoms with Crippen LogP contribution in [0.25, 0.3) is 0 Å². The molecule has 0 aromatic carbocycles. The van der Waals surface area contributed by atoms with Crippen molar-refractivity contribution in [2.75, 3.05) is 65.6 Å². The van der Waals surface area contributed by atoms with Gasteiger partial charge >= 0.3 is 0 Å². The lowest BCUT2D eigenvalue weighted by atomic mass is 9.91. The van der Waals surface area contributed by atoms with Gasteiger partial charge in [-0.3, -0.25) is 9.80 Å². The van der Waals surface area contributed by atoms with Gasteiger partial charge in [-0.05, 0) is 66.5 Å². The fourth-order valence-electron chi connectivity index (χ4n) is 5.08. The van der Waals surface area contributed by atoms with Crippen LogP contribution in [0, 0.1) is 0 Å². The van der Waals surface area contributed by atoms with Crippen LogP contribution in [0.5, 0.6) is 0 Å². The van der Waals surface area contributed by atoms with Crippen LogP contribution in [-0.4, -0.2) is 98.7 Å². The highest BCUT2D eigenvalue weighted by Gasteiger charge is 2.39. The molecule has 4 heterocycles. The monoisotopic (exact) mass is 396 g/mol. The van der Waals surface area contributed by atoms with Crippen molar-refractivity contribution < 1.29 is 9.47 Å². The van der Waals surface area contributed by atoms with E-state index in [2.05, 4.69) is 48.1 Å². The summed E-state index contributed by atoms with van der Waals surface area (Å²) in [6.07, 6.45) is 5.01. The maximum absolute atomic E-state index is 5.98. The first-order valence-corrected chi connectivity index (χ1v) is 11.6. The Morgan fingerprint density at radius 3 is 1.46 bits per heavy atom. The van der Waals surface area contributed by atoms with Crippen LogP contribution in [-0.2, 0) is 9.47 Å². The number of ether oxygens (including phenoxy) is 2. The second-order valence-corrected chi connectivity index (χ2v) is 9.75. The van der Waals surface area contributed by atoms with Crippen LogP contribution in [0.1, 0.15) is 53.4 Å². The number of piperidine rings is 2. The van der Waals surface area contributed by atoms with E-state index in [1.807, 2.05) is 0 Å². The molecule has 4 aliphatic heterocycles. The molecular formula is C22H44N4O2. The van der Waals surface area contributed by atoms with Crippen molar-refractivity contribution in [2.45, 2.75) is 76.7 Å². The molecule has 2 N–H and O–H groups in total. The summed E-state index contributed by atoms with van der Waals surface area (Å²) in [6, 6.07) is 1.30. The summed E-state index contributed by atoms with van der Waals surface area (Å²) in [6.45, 7) is 19.7. The van der Waals surface area contributed by atoms with E-state index in [-0.39, 0.29) is 11.2 Å². The quantitative estimate of drug-likeness (QED) is 0.741. The topological polar surface area (TPSA) is 49.0 Å². The molecular weight excluding hydrogens is 352 g/mol. The zero-order chi connectivity index (χ0) is 20.0. The SMILES string of the molecule is CC(C)N1CCCC2(CNCCO2)C1.CC(C)N1CCC[C@@]2(CNCCO2)C1. The molecule has 4 aliphatic rings. The molecule has 164 valence electrons. The Hall–Kier alpha value is -0.240. The minimum absolute atomic E-state index is 0.126. The van der Waals surface area contributed by atoms with Crippen LogP contribution in [0.4, 0.5) is 0 Å². The first-order valence-electron chi connectivity index (χ1n) is 11.6. The number of morpholine rings is 2. The van der Waals surface area contributed by atoms with E-state index in [1.165, 1.54) is 38.8 Å². The van der Waals surface area contributed by atoms with Gasteiger partial charge in [0, 0.05) is 51.4 Å². The van der Waals surface area contributed by atoms with Crippen molar-refractivity contribution in [1.29, 1.82) is 0 Å². The molecule has 2 atom stereocenters. The lowest BCUT2D eigenvalue weighted by molar-refractivity contribution is -0.110. The van der Waals surface area contributed by atoms with Crippen LogP contribution >= 0.6 is 0 Å². The Balaban J connectivity index is 0.000000161. The summed E-state index contributed by atoms with van der Waals surface area (Å²) < 4.78 is 12.0. The molecule has 0 aliphatic carbocycles. The summed E-state index contributed by atoms with van der Waals surface area (Å²) in [5, 5.41) is 6.91. The molecule has 4 fully saturated rings. The second-order valence-electron chi connectivity index (χ2n) is 9.75. The maximum atomic E-state index is 5.98. The van der Waals surface area contributed by atoms with Crippen molar-refractivity contribution >= 4 is 0 Å². The third-order valence-corrected chi connectivity index (χ3v) is 6.87. The van der Waals surface area contributed by atoms with Gasteiger partial charge in [0.2, 0.25) is 0 Å². The first kappa shape index (κ1) is 22.4. The second kappa shape index (κ2) is 10.2. The van der Waals surface area contributed by atoms with Gasteiger partial charge in [0.1, 0.15) is 0 Å². The highest BCUT2D eigenvalue weighted by molar-refractivity contribution is 4.94. The van der Waals surface area contributed by atoms with E-state index in [4.69, 9.17) is 9.47 Å². The normalized spacial score (nSPS) is 35.4. The number of nitrogens with zero attached hydrogens (tertiary/aromatic N) is 2. The molecule has 6 heteroatoms. The van der Waals surface area contributed by atoms with Gasteiger partial charge in [-0.1, -0.05) is 0 Å². The van der Waals surface area contributed by atoms with Crippen molar-refractivity contribution in [2.24, 2.45) is 0 Å². The summed E-state index contributed by atoms with van der Waals surface area (Å²) in [5.74, 6) is 0. The molecule has 4 saturated heterocycles. The van der Waals surface area contributed by atoms with Gasteiger partial charge in [-0.25, -0.2) is 0 Å². The Kier molecular flexibility index (Phi) is 8.16. The van der Waals surface area contributed by atoms with E-state index in [0.29, 0.717) is 12.1 Å². The molecule has 6 nitrogen and oxygen atoms in total. The van der Waals surface area contributed by atoms with Gasteiger partial charge in [-0.2, -0.15) is 0 Å². The first-order chi connectivity index (χ1) is 13.4. The van der Waals surface area contributed by atoms with Gasteiger partial charge in [0.05, 0.1) is 24.4 Å². The lowest BCUT2D eigenvalue weighted by Gasteiger charge is -2.46. The standard InChI is InChI=1S/2C11H22N2O/c2*1-10(2)13-6-3-4-11(9-13)8-12-5-7-14-11/h2*10,12H,3-9H2,1-2H3/t11-;/m1./s1. The third-order valence-electron chi connectivity index (χ3n) is 6.87. The van der Waals surface area contributed by atoms with Gasteiger partial charge < -0.3 is 20.1 Å². The molecule has 0 amide bonds. The van der Waals surface area contributed by atoms with Crippen LogP contribution in [0.15, 0.2) is 0 Å². The van der Waals surface area contributed by atoms with Crippen molar-refractivity contribution in [3.8, 4) is 0 Å². The van der Waals surface area contributed by atoms with Gasteiger partial charge in [-0.15, -0.1) is 0 Å². The Morgan fingerprint density at radius 1 is 0.714 bits per heavy atom. The number of hydrogen-bond donors (Lipinski definition) is 2. The highest BCUT2D eigenvalue weighted by atomic mass is 16.5. The predicted octanol–water partition coefficient (Wildman–Crippen LogP) is 1.70. The van der Waals surface area contributed by atoms with E-state index in [9.17, 15) is 0 Å². The molecule has 0 radical (unpaired) electrons. The molecule has 0 aromatic heterocycles. The molecule has 0 bridgehead atoms. The lowest BCUT2D eigenvalue weighted by Crippen LogP contribution is -2.59. The number of rotatable bonds is 2. The largest absolute Gasteiger partial charge is 0.371 e. The molecule has 0 aromatic rings. The van der Waals surface area contributed by atoms with Crippen molar-refractivity contribution in [1.82, 2.24) is 20.4 Å². The van der Waals surface area contributed by atoms with Crippen molar-refractivity contribution in [3.05, 3.63) is 0 Å². The molecule has 1 unspecified atom stereocenters. The Labute approximate surface area is 172 Å². The summed E-state index contributed by atoms with van der Waals surface area (Å²) in [7, 11) is 0. The fraction of sp³-hybridized carbons (Fsp3) is 1.00. The van der Waals surface area contributed by atoms with Crippen LogP contribution in [0.3, 0.4) is 0 Å². The van der Waals surface area contributed by atoms with Crippen LogP contribution in [0.2, 0.25) is 0 Å². The Bertz CT molecular complexity index is 406. The van der Waals surface area contributed by atoms with E-state index >= 15 is 0 Å². The summed E-state index contributed by atoms with van der Waals surface area (Å²) >= 11 is 0. The molecule has 4 rings (SSSR count). The van der Waals surface area contributed by atoms with Gasteiger partial charge in [0.15, 0.2) is 0 Å². The van der Waals surface area contributed by atoms with E-state index in [1.54, 1.807) is 0 Å². The molecule has 28 heavy (non-hydrogen) atoms. The summed E-state index contributed by atoms with van der Waals surface area (Å²) in [5.41, 5.74) is 0.252. The predicted molar refractivity (Wildman–Crippen MR) is 115 cm³/mol. The molecule has 2 spiro atoms. The zero-order valence-corrected chi connectivity index (χ0v) is 18.8. The maximum Gasteiger partial charge on any atom is 0.0933 e. The minimum Gasteiger partial charge on any atom is -0.371 e. The average molecular weight is 397 g/mol. The third kappa shape index (κ3) is 5.89. The fourth-order valence-corrected chi connectivity index (χ4v) is 5.08. The zero-order valence-electron chi connectivity index (χ0n) is 18.8. The smallest absolute Gasteiger partial charge is 0.0933 e. The summed E-state index contributed by atoms with van der Waals surface area (Å²) in [4.78, 5) is 5.08. The van der Waals surface area contributed by atoms with Crippen molar-refractivity contribution in [3.63, 3.8) is 0 Å². The minimum atomic E-state index is 0.126. The van der Waals surface area contributed by atoms with Gasteiger partial charge in [0.25, 0.3) is 0 Å². The van der Waals surface area contributed by atoms with E-state index in [0.717, 1.165) is 52.5 Å². The number of hydrogen-bond acceptors (Lipinski definition) is 6. The molecule has 0 saturated carbocycles. The van der Waals surface area contributed by atoms with Crippen LogP contribution < -0.4 is 10.6 Å². The highest BCUT2D eigenvalue weighted by Crippen LogP contribution is 2.28. The Morgan fingerprint density at radius 2 is 1.14 bits per heavy atom. The number of likely N-dealkylation sites (tertiary alicyclic amines) is 2. The van der Waals surface area contributed by atoms with E-state index < -0.39 is 0 Å². The average Bonchev–Trinajstić information content (AvgIpc) is 2.70. The number of nitrogens with one attached hydrogen (secondary N) is 2.